The molecule has 0 bridgehead atoms. The molecule has 0 unspecified atom stereocenters. The predicted octanol–water partition coefficient (Wildman–Crippen LogP) is 4.22. The van der Waals surface area contributed by atoms with Crippen LogP contribution >= 0.6 is 0 Å². The van der Waals surface area contributed by atoms with E-state index in [0.29, 0.717) is 41.5 Å². The van der Waals surface area contributed by atoms with Crippen LogP contribution in [0.25, 0.3) is 0 Å². The second-order valence-corrected chi connectivity index (χ2v) is 7.85. The van der Waals surface area contributed by atoms with Gasteiger partial charge in [-0.05, 0) is 54.2 Å². The van der Waals surface area contributed by atoms with E-state index in [-0.39, 0.29) is 18.7 Å². The monoisotopic (exact) mass is 367 g/mol. The lowest BCUT2D eigenvalue weighted by molar-refractivity contribution is 0.0421. The Morgan fingerprint density at radius 1 is 1.04 bits per heavy atom. The fourth-order valence-electron chi connectivity index (χ4n) is 4.12. The molecule has 4 N–H and O–H groups in total. The maximum atomic E-state index is 15.3. The number of nitrogen functional groups attached to an aromatic ring is 2. The van der Waals surface area contributed by atoms with Crippen molar-refractivity contribution in [3.8, 4) is 0 Å². The van der Waals surface area contributed by atoms with Gasteiger partial charge in [0.15, 0.2) is 0 Å². The third-order valence-corrected chi connectivity index (χ3v) is 6.15. The summed E-state index contributed by atoms with van der Waals surface area (Å²) in [5.41, 5.74) is 14.2. The van der Waals surface area contributed by atoms with Crippen LogP contribution in [0.5, 0.6) is 0 Å². The van der Waals surface area contributed by atoms with Gasteiger partial charge < -0.3 is 16.4 Å². The molecule has 142 valence electrons. The highest BCUT2D eigenvalue weighted by Crippen LogP contribution is 2.40. The minimum absolute atomic E-state index is 0.0683. The van der Waals surface area contributed by atoms with Crippen LogP contribution in [0, 0.1) is 0 Å². The SMILES string of the molecule is Nc1ccc(C2(F)CCN(C(=O)c3ccc(C4CCC4)c(N)c3)CC2)cc1. The maximum absolute atomic E-state index is 15.3. The Morgan fingerprint density at radius 2 is 1.70 bits per heavy atom. The van der Waals surface area contributed by atoms with Crippen LogP contribution in [0.3, 0.4) is 0 Å². The normalized spacial score (nSPS) is 19.5. The Morgan fingerprint density at radius 3 is 2.26 bits per heavy atom. The van der Waals surface area contributed by atoms with Crippen molar-refractivity contribution >= 4 is 17.3 Å². The molecule has 1 saturated carbocycles. The molecule has 0 atom stereocenters. The van der Waals surface area contributed by atoms with Gasteiger partial charge in [0, 0.05) is 42.9 Å². The first-order chi connectivity index (χ1) is 13.0. The van der Waals surface area contributed by atoms with Crippen molar-refractivity contribution in [2.75, 3.05) is 24.6 Å². The molecule has 1 saturated heterocycles. The van der Waals surface area contributed by atoms with E-state index in [1.807, 2.05) is 12.1 Å². The molecule has 0 radical (unpaired) electrons. The van der Waals surface area contributed by atoms with Gasteiger partial charge in [0.1, 0.15) is 5.67 Å². The first-order valence-corrected chi connectivity index (χ1v) is 9.70. The second kappa shape index (κ2) is 6.87. The molecule has 0 aromatic heterocycles. The summed E-state index contributed by atoms with van der Waals surface area (Å²) in [4.78, 5) is 14.6. The highest BCUT2D eigenvalue weighted by atomic mass is 19.1. The summed E-state index contributed by atoms with van der Waals surface area (Å²) < 4.78 is 15.3. The van der Waals surface area contributed by atoms with E-state index in [9.17, 15) is 4.79 Å². The molecule has 1 heterocycles. The van der Waals surface area contributed by atoms with Crippen LogP contribution in [0.15, 0.2) is 42.5 Å². The molecule has 5 heteroatoms. The van der Waals surface area contributed by atoms with Gasteiger partial charge in [-0.25, -0.2) is 4.39 Å². The Kier molecular flexibility index (Phi) is 4.54. The topological polar surface area (TPSA) is 72.3 Å². The van der Waals surface area contributed by atoms with Gasteiger partial charge in [-0.1, -0.05) is 24.6 Å². The number of carbonyl (C=O) groups excluding carboxylic acids is 1. The Bertz CT molecular complexity index is 837. The lowest BCUT2D eigenvalue weighted by atomic mass is 9.79. The number of hydrogen-bond donors (Lipinski definition) is 2. The van der Waals surface area contributed by atoms with Gasteiger partial charge in [-0.15, -0.1) is 0 Å². The standard InChI is InChI=1S/C22H26FN3O/c23-22(17-5-7-18(24)8-6-17)10-12-26(13-11-22)21(27)16-4-9-19(20(25)14-16)15-2-1-3-15/h4-9,14-15H,1-3,10-13,24-25H2. The van der Waals surface area contributed by atoms with Crippen LogP contribution in [0.2, 0.25) is 0 Å². The van der Waals surface area contributed by atoms with Crippen LogP contribution in [-0.2, 0) is 5.67 Å². The van der Waals surface area contributed by atoms with Gasteiger partial charge in [0.2, 0.25) is 0 Å². The lowest BCUT2D eigenvalue weighted by Gasteiger charge is -2.37. The molecule has 2 aromatic rings. The number of benzene rings is 2. The number of amides is 1. The molecule has 4 rings (SSSR count). The third-order valence-electron chi connectivity index (χ3n) is 6.15. The first kappa shape index (κ1) is 17.8. The number of anilines is 2. The minimum atomic E-state index is -1.41. The fourth-order valence-corrected chi connectivity index (χ4v) is 4.12. The average Bonchev–Trinajstić information content (AvgIpc) is 2.62. The van der Waals surface area contributed by atoms with E-state index in [1.165, 1.54) is 19.3 Å². The van der Waals surface area contributed by atoms with Gasteiger partial charge >= 0.3 is 0 Å². The third kappa shape index (κ3) is 3.38. The molecule has 4 nitrogen and oxygen atoms in total. The van der Waals surface area contributed by atoms with Crippen LogP contribution < -0.4 is 11.5 Å². The number of piperidine rings is 1. The Balaban J connectivity index is 1.44. The van der Waals surface area contributed by atoms with E-state index < -0.39 is 5.67 Å². The first-order valence-electron chi connectivity index (χ1n) is 9.70. The number of hydrogen-bond acceptors (Lipinski definition) is 3. The zero-order valence-corrected chi connectivity index (χ0v) is 15.5. The quantitative estimate of drug-likeness (QED) is 0.798. The summed E-state index contributed by atoms with van der Waals surface area (Å²) in [7, 11) is 0. The average molecular weight is 367 g/mol. The van der Waals surface area contributed by atoms with Gasteiger partial charge in [0.05, 0.1) is 0 Å². The summed E-state index contributed by atoms with van der Waals surface area (Å²) in [5.74, 6) is 0.470. The van der Waals surface area contributed by atoms with Crippen molar-refractivity contribution < 1.29 is 9.18 Å². The van der Waals surface area contributed by atoms with Crippen molar-refractivity contribution in [1.29, 1.82) is 0 Å². The van der Waals surface area contributed by atoms with Crippen LogP contribution in [0.1, 0.15) is 59.5 Å². The lowest BCUT2D eigenvalue weighted by Crippen LogP contribution is -2.43. The molecule has 0 spiro atoms. The van der Waals surface area contributed by atoms with E-state index in [1.54, 1.807) is 35.2 Å². The van der Waals surface area contributed by atoms with Crippen molar-refractivity contribution in [1.82, 2.24) is 4.90 Å². The number of nitrogens with two attached hydrogens (primary N) is 2. The molecule has 1 amide bonds. The molecule has 2 aromatic carbocycles. The van der Waals surface area contributed by atoms with Crippen molar-refractivity contribution in [2.24, 2.45) is 0 Å². The minimum Gasteiger partial charge on any atom is -0.399 e. The van der Waals surface area contributed by atoms with Crippen molar-refractivity contribution in [3.63, 3.8) is 0 Å². The number of halogens is 1. The highest BCUT2D eigenvalue weighted by Gasteiger charge is 2.37. The number of rotatable bonds is 3. The molecule has 2 aliphatic rings. The Hall–Kier alpha value is -2.56. The van der Waals surface area contributed by atoms with Gasteiger partial charge in [0.25, 0.3) is 5.91 Å². The zero-order chi connectivity index (χ0) is 19.0. The zero-order valence-electron chi connectivity index (χ0n) is 15.5. The summed E-state index contributed by atoms with van der Waals surface area (Å²) in [5, 5.41) is 0. The largest absolute Gasteiger partial charge is 0.399 e. The summed E-state index contributed by atoms with van der Waals surface area (Å²) >= 11 is 0. The fraction of sp³-hybridized carbons (Fsp3) is 0.409. The second-order valence-electron chi connectivity index (χ2n) is 7.85. The van der Waals surface area contributed by atoms with Crippen molar-refractivity contribution in [2.45, 2.75) is 43.7 Å². The van der Waals surface area contributed by atoms with Gasteiger partial charge in [-0.2, -0.15) is 0 Å². The number of alkyl halides is 1. The van der Waals surface area contributed by atoms with Crippen molar-refractivity contribution in [3.05, 3.63) is 59.2 Å². The predicted molar refractivity (Wildman–Crippen MR) is 106 cm³/mol. The molecule has 2 fully saturated rings. The van der Waals surface area contributed by atoms with E-state index >= 15 is 4.39 Å². The number of likely N-dealkylation sites (tertiary alicyclic amines) is 1. The summed E-state index contributed by atoms with van der Waals surface area (Å²) in [6.07, 6.45) is 4.18. The summed E-state index contributed by atoms with van der Waals surface area (Å²) in [6.45, 7) is 0.786. The summed E-state index contributed by atoms with van der Waals surface area (Å²) in [6, 6.07) is 12.6. The van der Waals surface area contributed by atoms with Crippen LogP contribution in [-0.4, -0.2) is 23.9 Å². The van der Waals surface area contributed by atoms with Crippen LogP contribution in [0.4, 0.5) is 15.8 Å². The number of carbonyl (C=O) groups is 1. The maximum Gasteiger partial charge on any atom is 0.253 e. The number of nitrogens with zero attached hydrogens (tertiary/aromatic N) is 1. The van der Waals surface area contributed by atoms with Gasteiger partial charge in [-0.3, -0.25) is 4.79 Å². The highest BCUT2D eigenvalue weighted by molar-refractivity contribution is 5.95. The molecule has 27 heavy (non-hydrogen) atoms. The van der Waals surface area contributed by atoms with E-state index in [2.05, 4.69) is 0 Å². The molecular formula is C22H26FN3O. The molecule has 1 aliphatic heterocycles. The molecular weight excluding hydrogens is 341 g/mol. The molecule has 1 aliphatic carbocycles. The van der Waals surface area contributed by atoms with E-state index in [4.69, 9.17) is 11.5 Å². The van der Waals surface area contributed by atoms with E-state index in [0.717, 1.165) is 5.56 Å². The Labute approximate surface area is 159 Å². The smallest absolute Gasteiger partial charge is 0.253 e.